The van der Waals surface area contributed by atoms with Gasteiger partial charge in [0.05, 0.1) is 11.4 Å². The smallest absolute Gasteiger partial charge is 0.127 e. The van der Waals surface area contributed by atoms with E-state index in [9.17, 15) is 0 Å². The van der Waals surface area contributed by atoms with Gasteiger partial charge in [-0.1, -0.05) is 12.1 Å². The van der Waals surface area contributed by atoms with Crippen LogP contribution in [0.15, 0.2) is 30.3 Å². The number of rotatable bonds is 3. The number of nitrogens with two attached hydrogens (primary N) is 2. The van der Waals surface area contributed by atoms with Gasteiger partial charge in [-0.25, -0.2) is 4.68 Å². The molecule has 0 radical (unpaired) electrons. The molecule has 0 aliphatic rings. The quantitative estimate of drug-likeness (QED) is 0.811. The van der Waals surface area contributed by atoms with E-state index in [4.69, 9.17) is 11.5 Å². The zero-order valence-electron chi connectivity index (χ0n) is 9.35. The Labute approximate surface area is 94.9 Å². The van der Waals surface area contributed by atoms with Crippen molar-refractivity contribution in [1.82, 2.24) is 9.78 Å². The number of aromatic nitrogens is 2. The Morgan fingerprint density at radius 2 is 2.12 bits per heavy atom. The van der Waals surface area contributed by atoms with Crippen LogP contribution < -0.4 is 11.5 Å². The van der Waals surface area contributed by atoms with Gasteiger partial charge in [-0.3, -0.25) is 0 Å². The monoisotopic (exact) mass is 216 g/mol. The Kier molecular flexibility index (Phi) is 2.92. The maximum absolute atomic E-state index is 5.91. The lowest BCUT2D eigenvalue weighted by molar-refractivity contribution is 0.826. The summed E-state index contributed by atoms with van der Waals surface area (Å²) in [6.45, 7) is 2.63. The summed E-state index contributed by atoms with van der Waals surface area (Å²) < 4.78 is 1.75. The minimum atomic E-state index is 0.588. The second kappa shape index (κ2) is 4.37. The van der Waals surface area contributed by atoms with Gasteiger partial charge in [0.15, 0.2) is 0 Å². The first-order valence-corrected chi connectivity index (χ1v) is 5.32. The number of benzene rings is 1. The molecule has 4 N–H and O–H groups in total. The van der Waals surface area contributed by atoms with Crippen molar-refractivity contribution in [3.05, 3.63) is 41.6 Å². The molecule has 0 aliphatic carbocycles. The van der Waals surface area contributed by atoms with Gasteiger partial charge in [0.25, 0.3) is 0 Å². The van der Waals surface area contributed by atoms with Crippen LogP contribution in [0.3, 0.4) is 0 Å². The van der Waals surface area contributed by atoms with Crippen LogP contribution in [0.4, 0.5) is 5.82 Å². The van der Waals surface area contributed by atoms with Crippen molar-refractivity contribution in [2.75, 3.05) is 12.3 Å². The molecular weight excluding hydrogens is 200 g/mol. The molecule has 16 heavy (non-hydrogen) atoms. The van der Waals surface area contributed by atoms with Crippen LogP contribution in [0.2, 0.25) is 0 Å². The highest BCUT2D eigenvalue weighted by atomic mass is 15.3. The van der Waals surface area contributed by atoms with E-state index in [1.165, 1.54) is 5.56 Å². The number of nitrogen functional groups attached to an aromatic ring is 1. The Morgan fingerprint density at radius 1 is 1.31 bits per heavy atom. The normalized spacial score (nSPS) is 10.6. The van der Waals surface area contributed by atoms with Gasteiger partial charge in [-0.05, 0) is 31.2 Å². The fourth-order valence-corrected chi connectivity index (χ4v) is 1.68. The van der Waals surface area contributed by atoms with Crippen molar-refractivity contribution in [2.45, 2.75) is 13.3 Å². The molecule has 0 spiro atoms. The van der Waals surface area contributed by atoms with E-state index in [0.717, 1.165) is 17.8 Å². The predicted octanol–water partition coefficient (Wildman–Crippen LogP) is 1.26. The zero-order valence-corrected chi connectivity index (χ0v) is 9.35. The zero-order chi connectivity index (χ0) is 11.5. The molecule has 0 amide bonds. The van der Waals surface area contributed by atoms with E-state index in [-0.39, 0.29) is 0 Å². The fourth-order valence-electron chi connectivity index (χ4n) is 1.68. The lowest BCUT2D eigenvalue weighted by atomic mass is 10.2. The van der Waals surface area contributed by atoms with Crippen LogP contribution in [0, 0.1) is 6.92 Å². The van der Waals surface area contributed by atoms with Crippen LogP contribution in [-0.2, 0) is 6.42 Å². The van der Waals surface area contributed by atoms with Crippen LogP contribution in [-0.4, -0.2) is 16.3 Å². The van der Waals surface area contributed by atoms with Gasteiger partial charge >= 0.3 is 0 Å². The van der Waals surface area contributed by atoms with Gasteiger partial charge < -0.3 is 11.5 Å². The largest absolute Gasteiger partial charge is 0.384 e. The summed E-state index contributed by atoms with van der Waals surface area (Å²) in [6.07, 6.45) is 0.753. The predicted molar refractivity (Wildman–Crippen MR) is 65.5 cm³/mol. The first-order valence-electron chi connectivity index (χ1n) is 5.32. The summed E-state index contributed by atoms with van der Waals surface area (Å²) in [4.78, 5) is 0. The first-order chi connectivity index (χ1) is 7.70. The van der Waals surface area contributed by atoms with Crippen molar-refractivity contribution >= 4 is 5.82 Å². The number of nitrogens with zero attached hydrogens (tertiary/aromatic N) is 2. The molecule has 0 fully saturated rings. The minimum Gasteiger partial charge on any atom is -0.384 e. The summed E-state index contributed by atoms with van der Waals surface area (Å²) in [5.74, 6) is 0.647. The second-order valence-electron chi connectivity index (χ2n) is 3.85. The van der Waals surface area contributed by atoms with E-state index in [1.807, 2.05) is 31.2 Å². The lowest BCUT2D eigenvalue weighted by Crippen LogP contribution is -2.05. The van der Waals surface area contributed by atoms with Crippen molar-refractivity contribution in [3.63, 3.8) is 0 Å². The molecule has 84 valence electrons. The average Bonchev–Trinajstić information content (AvgIpc) is 2.60. The van der Waals surface area contributed by atoms with Gasteiger partial charge in [0, 0.05) is 12.5 Å². The molecular formula is C12H16N4. The summed E-state index contributed by atoms with van der Waals surface area (Å²) in [5.41, 5.74) is 14.5. The van der Waals surface area contributed by atoms with Gasteiger partial charge in [0.2, 0.25) is 0 Å². The number of aryl methyl sites for hydroxylation is 1. The molecule has 4 heteroatoms. The van der Waals surface area contributed by atoms with Crippen molar-refractivity contribution in [2.24, 2.45) is 5.73 Å². The number of anilines is 1. The molecule has 0 saturated carbocycles. The van der Waals surface area contributed by atoms with E-state index in [0.29, 0.717) is 12.4 Å². The van der Waals surface area contributed by atoms with Gasteiger partial charge in [-0.2, -0.15) is 5.10 Å². The highest BCUT2D eigenvalue weighted by Crippen LogP contribution is 2.15. The van der Waals surface area contributed by atoms with E-state index in [1.54, 1.807) is 4.68 Å². The van der Waals surface area contributed by atoms with Crippen molar-refractivity contribution in [1.29, 1.82) is 0 Å². The first kappa shape index (κ1) is 10.7. The maximum Gasteiger partial charge on any atom is 0.127 e. The highest BCUT2D eigenvalue weighted by molar-refractivity contribution is 5.44. The Balaban J connectivity index is 2.40. The Bertz CT molecular complexity index is 488. The molecule has 1 aromatic carbocycles. The summed E-state index contributed by atoms with van der Waals surface area (Å²) >= 11 is 0. The van der Waals surface area contributed by atoms with E-state index >= 15 is 0 Å². The molecule has 0 bridgehead atoms. The molecule has 2 aromatic rings. The summed E-state index contributed by atoms with van der Waals surface area (Å²) in [6, 6.07) is 9.95. The summed E-state index contributed by atoms with van der Waals surface area (Å²) in [5, 5.41) is 4.42. The van der Waals surface area contributed by atoms with Crippen molar-refractivity contribution in [3.8, 4) is 5.69 Å². The van der Waals surface area contributed by atoms with Crippen LogP contribution in [0.1, 0.15) is 11.3 Å². The molecule has 0 unspecified atom stereocenters. The fraction of sp³-hybridized carbons (Fsp3) is 0.250. The van der Waals surface area contributed by atoms with Gasteiger partial charge in [0.1, 0.15) is 5.82 Å². The van der Waals surface area contributed by atoms with Crippen LogP contribution in [0.5, 0.6) is 0 Å². The molecule has 0 atom stereocenters. The molecule has 1 aromatic heterocycles. The Hall–Kier alpha value is -1.81. The average molecular weight is 216 g/mol. The van der Waals surface area contributed by atoms with E-state index < -0.39 is 0 Å². The Morgan fingerprint density at radius 3 is 2.81 bits per heavy atom. The summed E-state index contributed by atoms with van der Waals surface area (Å²) in [7, 11) is 0. The maximum atomic E-state index is 5.91. The second-order valence-corrected chi connectivity index (χ2v) is 3.85. The molecule has 1 heterocycles. The molecule has 2 rings (SSSR count). The third-order valence-corrected chi connectivity index (χ3v) is 2.43. The minimum absolute atomic E-state index is 0.588. The standard InChI is InChI=1S/C12H16N4/c1-9-3-2-4-11(7-9)16-12(14)8-10(15-16)5-6-13/h2-4,7-8H,5-6,13-14H2,1H3. The SMILES string of the molecule is Cc1cccc(-n2nc(CCN)cc2N)c1. The number of hydrogen-bond acceptors (Lipinski definition) is 3. The van der Waals surface area contributed by atoms with Gasteiger partial charge in [-0.15, -0.1) is 0 Å². The van der Waals surface area contributed by atoms with Crippen molar-refractivity contribution < 1.29 is 0 Å². The lowest BCUT2D eigenvalue weighted by Gasteiger charge is -2.04. The van der Waals surface area contributed by atoms with Crippen LogP contribution >= 0.6 is 0 Å². The third-order valence-electron chi connectivity index (χ3n) is 2.43. The van der Waals surface area contributed by atoms with Crippen LogP contribution in [0.25, 0.3) is 5.69 Å². The topological polar surface area (TPSA) is 69.9 Å². The van der Waals surface area contributed by atoms with E-state index in [2.05, 4.69) is 11.2 Å². The molecule has 4 nitrogen and oxygen atoms in total. The highest BCUT2D eigenvalue weighted by Gasteiger charge is 2.06. The third kappa shape index (κ3) is 2.06. The number of hydrogen-bond donors (Lipinski definition) is 2. The molecule has 0 saturated heterocycles. The molecule has 0 aliphatic heterocycles.